The fraction of sp³-hybridized carbons (Fsp3) is 0.200. The quantitative estimate of drug-likeness (QED) is 0.854. The summed E-state index contributed by atoms with van der Waals surface area (Å²) in [5, 5.41) is 2.77. The van der Waals surface area contributed by atoms with Gasteiger partial charge in [-0.15, -0.1) is 0 Å². The third kappa shape index (κ3) is 4.94. The number of nitrogens with zero attached hydrogens (tertiary/aromatic N) is 1. The molecule has 0 atom stereocenters. The Morgan fingerprint density at radius 3 is 2.36 bits per heavy atom. The van der Waals surface area contributed by atoms with Gasteiger partial charge in [0.05, 0.1) is 6.04 Å². The second-order valence-electron chi connectivity index (χ2n) is 5.89. The molecule has 1 N–H and O–H groups in total. The second-order valence-corrected chi connectivity index (χ2v) is 5.89. The number of alkyl carbamates (subject to hydrolysis) is 1. The van der Waals surface area contributed by atoms with E-state index in [0.29, 0.717) is 13.1 Å². The Labute approximate surface area is 146 Å². The largest absolute Gasteiger partial charge is 0.445 e. The summed E-state index contributed by atoms with van der Waals surface area (Å²) >= 11 is 0. The Bertz CT molecular complexity index is 738. The maximum absolute atomic E-state index is 12.0. The molecule has 1 aliphatic rings. The van der Waals surface area contributed by atoms with Crippen molar-refractivity contribution in [3.8, 4) is 0 Å². The van der Waals surface area contributed by atoms with Crippen LogP contribution in [0, 0.1) is 0 Å². The van der Waals surface area contributed by atoms with Crippen LogP contribution in [0.1, 0.15) is 11.1 Å². The summed E-state index contributed by atoms with van der Waals surface area (Å²) in [7, 11) is 0. The summed E-state index contributed by atoms with van der Waals surface area (Å²) in [6.07, 6.45) is 2.89. The van der Waals surface area contributed by atoms with E-state index in [9.17, 15) is 9.59 Å². The van der Waals surface area contributed by atoms with Crippen molar-refractivity contribution in [1.29, 1.82) is 0 Å². The Kier molecular flexibility index (Phi) is 5.46. The van der Waals surface area contributed by atoms with Gasteiger partial charge in [-0.05, 0) is 17.2 Å². The number of benzene rings is 2. The van der Waals surface area contributed by atoms with Crippen LogP contribution in [0.2, 0.25) is 0 Å². The number of amides is 2. The van der Waals surface area contributed by atoms with Gasteiger partial charge in [-0.2, -0.15) is 0 Å². The molecule has 0 bridgehead atoms. The van der Waals surface area contributed by atoms with Crippen molar-refractivity contribution in [2.45, 2.75) is 12.6 Å². The van der Waals surface area contributed by atoms with Crippen molar-refractivity contribution in [3.63, 3.8) is 0 Å². The van der Waals surface area contributed by atoms with Crippen LogP contribution in [0.3, 0.4) is 0 Å². The highest BCUT2D eigenvalue weighted by Gasteiger charge is 2.30. The van der Waals surface area contributed by atoms with Gasteiger partial charge in [-0.1, -0.05) is 60.7 Å². The van der Waals surface area contributed by atoms with E-state index in [4.69, 9.17) is 4.74 Å². The molecule has 2 aromatic rings. The molecule has 1 saturated heterocycles. The predicted octanol–water partition coefficient (Wildman–Crippen LogP) is 2.84. The van der Waals surface area contributed by atoms with Gasteiger partial charge in [0.15, 0.2) is 0 Å². The summed E-state index contributed by atoms with van der Waals surface area (Å²) in [5.74, 6) is -0.0560. The van der Waals surface area contributed by atoms with Crippen molar-refractivity contribution in [2.75, 3.05) is 13.1 Å². The highest BCUT2D eigenvalue weighted by molar-refractivity contribution is 5.92. The zero-order chi connectivity index (χ0) is 17.5. The minimum absolute atomic E-state index is 0.0560. The molecule has 0 aromatic heterocycles. The van der Waals surface area contributed by atoms with Gasteiger partial charge in [0, 0.05) is 19.2 Å². The molecular weight excluding hydrogens is 316 g/mol. The molecule has 1 aliphatic heterocycles. The fourth-order valence-electron chi connectivity index (χ4n) is 2.52. The number of nitrogens with one attached hydrogen (secondary N) is 1. The monoisotopic (exact) mass is 336 g/mol. The lowest BCUT2D eigenvalue weighted by atomic mass is 10.1. The van der Waals surface area contributed by atoms with E-state index in [1.807, 2.05) is 60.7 Å². The Morgan fingerprint density at radius 1 is 1.04 bits per heavy atom. The zero-order valence-electron chi connectivity index (χ0n) is 13.8. The highest BCUT2D eigenvalue weighted by Crippen LogP contribution is 2.10. The Hall–Kier alpha value is -3.08. The maximum atomic E-state index is 12.0. The Balaban J connectivity index is 1.36. The molecule has 0 aliphatic carbocycles. The number of carbonyl (C=O) groups excluding carboxylic acids is 2. The fourth-order valence-corrected chi connectivity index (χ4v) is 2.52. The Morgan fingerprint density at radius 2 is 1.68 bits per heavy atom. The van der Waals surface area contributed by atoms with Crippen LogP contribution in [0.15, 0.2) is 66.7 Å². The van der Waals surface area contributed by atoms with Crippen molar-refractivity contribution in [2.24, 2.45) is 0 Å². The van der Waals surface area contributed by atoms with Crippen LogP contribution in [0.25, 0.3) is 6.08 Å². The lowest BCUT2D eigenvalue weighted by Crippen LogP contribution is -2.60. The van der Waals surface area contributed by atoms with E-state index in [1.54, 1.807) is 17.1 Å². The van der Waals surface area contributed by atoms with Crippen molar-refractivity contribution in [3.05, 3.63) is 77.9 Å². The summed E-state index contributed by atoms with van der Waals surface area (Å²) in [4.78, 5) is 25.5. The van der Waals surface area contributed by atoms with E-state index in [2.05, 4.69) is 5.32 Å². The van der Waals surface area contributed by atoms with Gasteiger partial charge in [0.1, 0.15) is 6.61 Å². The van der Waals surface area contributed by atoms with Crippen LogP contribution in [-0.2, 0) is 16.1 Å². The van der Waals surface area contributed by atoms with Crippen LogP contribution in [-0.4, -0.2) is 36.0 Å². The molecule has 3 rings (SSSR count). The van der Waals surface area contributed by atoms with Crippen LogP contribution in [0.5, 0.6) is 0 Å². The molecule has 0 spiro atoms. The van der Waals surface area contributed by atoms with Gasteiger partial charge >= 0.3 is 6.09 Å². The van der Waals surface area contributed by atoms with E-state index in [-0.39, 0.29) is 18.6 Å². The molecular formula is C20H20N2O3. The lowest BCUT2D eigenvalue weighted by Gasteiger charge is -2.38. The predicted molar refractivity (Wildman–Crippen MR) is 95.6 cm³/mol. The normalized spacial score (nSPS) is 14.2. The molecule has 2 aromatic carbocycles. The average molecular weight is 336 g/mol. The third-order valence-corrected chi connectivity index (χ3v) is 3.95. The third-order valence-electron chi connectivity index (χ3n) is 3.95. The minimum atomic E-state index is -0.458. The number of ether oxygens (including phenoxy) is 1. The van der Waals surface area contributed by atoms with Crippen molar-refractivity contribution >= 4 is 18.1 Å². The first kappa shape index (κ1) is 16.8. The molecule has 1 fully saturated rings. The minimum Gasteiger partial charge on any atom is -0.445 e. The first-order chi connectivity index (χ1) is 12.2. The van der Waals surface area contributed by atoms with Crippen molar-refractivity contribution < 1.29 is 14.3 Å². The molecule has 2 amide bonds. The van der Waals surface area contributed by atoms with Gasteiger partial charge in [-0.3, -0.25) is 4.79 Å². The van der Waals surface area contributed by atoms with E-state index in [1.165, 1.54) is 0 Å². The molecule has 0 saturated carbocycles. The second kappa shape index (κ2) is 8.15. The average Bonchev–Trinajstić information content (AvgIpc) is 2.62. The van der Waals surface area contributed by atoms with E-state index >= 15 is 0 Å². The van der Waals surface area contributed by atoms with Crippen LogP contribution in [0.4, 0.5) is 4.79 Å². The van der Waals surface area contributed by atoms with Crippen molar-refractivity contribution in [1.82, 2.24) is 10.2 Å². The zero-order valence-corrected chi connectivity index (χ0v) is 13.8. The standard InChI is InChI=1S/C20H20N2O3/c23-19(12-11-16-7-3-1-4-8-16)22-13-18(14-22)21-20(24)25-15-17-9-5-2-6-10-17/h1-12,18H,13-15H2,(H,21,24)/b12-11+. The molecule has 1 heterocycles. The smallest absolute Gasteiger partial charge is 0.407 e. The summed E-state index contributed by atoms with van der Waals surface area (Å²) < 4.78 is 5.17. The summed E-state index contributed by atoms with van der Waals surface area (Å²) in [6.45, 7) is 1.23. The van der Waals surface area contributed by atoms with E-state index in [0.717, 1.165) is 11.1 Å². The SMILES string of the molecule is O=C(NC1CN(C(=O)/C=C/c2ccccc2)C1)OCc1ccccc1. The summed E-state index contributed by atoms with van der Waals surface area (Å²) in [5.41, 5.74) is 1.92. The first-order valence-electron chi connectivity index (χ1n) is 8.20. The number of hydrogen-bond acceptors (Lipinski definition) is 3. The van der Waals surface area contributed by atoms with Gasteiger partial charge in [0.25, 0.3) is 0 Å². The lowest BCUT2D eigenvalue weighted by molar-refractivity contribution is -0.130. The van der Waals surface area contributed by atoms with Gasteiger partial charge in [-0.25, -0.2) is 4.79 Å². The number of carbonyl (C=O) groups is 2. The molecule has 128 valence electrons. The van der Waals surface area contributed by atoms with Crippen LogP contribution < -0.4 is 5.32 Å². The van der Waals surface area contributed by atoms with E-state index < -0.39 is 6.09 Å². The number of rotatable bonds is 5. The summed E-state index contributed by atoms with van der Waals surface area (Å²) in [6, 6.07) is 19.1. The number of hydrogen-bond donors (Lipinski definition) is 1. The molecule has 5 nitrogen and oxygen atoms in total. The van der Waals surface area contributed by atoms with Crippen LogP contribution >= 0.6 is 0 Å². The molecule has 0 radical (unpaired) electrons. The molecule has 0 unspecified atom stereocenters. The highest BCUT2D eigenvalue weighted by atomic mass is 16.5. The molecule has 25 heavy (non-hydrogen) atoms. The molecule has 5 heteroatoms. The topological polar surface area (TPSA) is 58.6 Å². The van der Waals surface area contributed by atoms with Gasteiger partial charge < -0.3 is 15.0 Å². The first-order valence-corrected chi connectivity index (χ1v) is 8.20. The number of likely N-dealkylation sites (tertiary alicyclic amines) is 1. The maximum Gasteiger partial charge on any atom is 0.407 e. The van der Waals surface area contributed by atoms with Gasteiger partial charge in [0.2, 0.25) is 5.91 Å².